The third-order valence-corrected chi connectivity index (χ3v) is 6.05. The standard InChI is InChI=1S/C19H27N3O4S/c1-14(8-4-5-13-19(23)20-24)21-27(25,26)18-12-7-9-15-16(18)10-6-11-17(15)22(2)3/h6-7,9-12,14,21,24H,4-5,8,13H2,1-3H3,(H,20,23). The van der Waals surface area contributed by atoms with Gasteiger partial charge in [-0.2, -0.15) is 0 Å². The molecule has 2 rings (SSSR count). The Morgan fingerprint density at radius 1 is 1.11 bits per heavy atom. The van der Waals surface area contributed by atoms with Crippen LogP contribution in [0.2, 0.25) is 0 Å². The van der Waals surface area contributed by atoms with Crippen molar-refractivity contribution in [1.29, 1.82) is 0 Å². The molecule has 2 aromatic rings. The topological polar surface area (TPSA) is 98.7 Å². The molecule has 0 heterocycles. The molecule has 27 heavy (non-hydrogen) atoms. The molecule has 0 aliphatic carbocycles. The molecule has 148 valence electrons. The lowest BCUT2D eigenvalue weighted by molar-refractivity contribution is -0.129. The van der Waals surface area contributed by atoms with Crippen LogP contribution in [0, 0.1) is 0 Å². The third-order valence-electron chi connectivity index (χ3n) is 4.40. The molecule has 7 nitrogen and oxygen atoms in total. The summed E-state index contributed by atoms with van der Waals surface area (Å²) in [5, 5.41) is 10.0. The Bertz CT molecular complexity index is 897. The summed E-state index contributed by atoms with van der Waals surface area (Å²) in [7, 11) is 0.173. The molecule has 0 spiro atoms. The van der Waals surface area contributed by atoms with Crippen LogP contribution in [0.4, 0.5) is 5.69 Å². The molecule has 0 saturated carbocycles. The van der Waals surface area contributed by atoms with Crippen LogP contribution in [0.25, 0.3) is 10.8 Å². The molecule has 1 unspecified atom stereocenters. The van der Waals surface area contributed by atoms with E-state index in [0.717, 1.165) is 11.1 Å². The number of hydrogen-bond acceptors (Lipinski definition) is 5. The minimum Gasteiger partial charge on any atom is -0.377 e. The fraction of sp³-hybridized carbons (Fsp3) is 0.421. The summed E-state index contributed by atoms with van der Waals surface area (Å²) >= 11 is 0. The Kier molecular flexibility index (Phi) is 7.18. The number of sulfonamides is 1. The van der Waals surface area contributed by atoms with E-state index in [4.69, 9.17) is 5.21 Å². The number of hydrogen-bond donors (Lipinski definition) is 3. The van der Waals surface area contributed by atoms with Gasteiger partial charge in [-0.25, -0.2) is 18.6 Å². The number of benzene rings is 2. The van der Waals surface area contributed by atoms with Gasteiger partial charge >= 0.3 is 0 Å². The molecule has 0 aliphatic heterocycles. The van der Waals surface area contributed by atoms with Gasteiger partial charge in [0.1, 0.15) is 0 Å². The van der Waals surface area contributed by atoms with Gasteiger partial charge < -0.3 is 4.90 Å². The zero-order valence-corrected chi connectivity index (χ0v) is 16.7. The number of nitrogens with zero attached hydrogens (tertiary/aromatic N) is 1. The van der Waals surface area contributed by atoms with Crippen molar-refractivity contribution < 1.29 is 18.4 Å². The number of amides is 1. The summed E-state index contributed by atoms with van der Waals surface area (Å²) in [5.74, 6) is -0.435. The van der Waals surface area contributed by atoms with Crippen LogP contribution < -0.4 is 15.1 Å². The van der Waals surface area contributed by atoms with E-state index in [0.29, 0.717) is 24.6 Å². The molecule has 0 aliphatic rings. The van der Waals surface area contributed by atoms with Crippen LogP contribution in [0.3, 0.4) is 0 Å². The largest absolute Gasteiger partial charge is 0.377 e. The Balaban J connectivity index is 2.15. The fourth-order valence-electron chi connectivity index (χ4n) is 3.07. The minimum atomic E-state index is -3.67. The van der Waals surface area contributed by atoms with Crippen molar-refractivity contribution in [3.63, 3.8) is 0 Å². The van der Waals surface area contributed by atoms with Crippen molar-refractivity contribution in [2.24, 2.45) is 0 Å². The van der Waals surface area contributed by atoms with Gasteiger partial charge in [-0.1, -0.05) is 30.7 Å². The van der Waals surface area contributed by atoms with E-state index in [2.05, 4.69) is 4.72 Å². The highest BCUT2D eigenvalue weighted by atomic mass is 32.2. The molecule has 2 aromatic carbocycles. The van der Waals surface area contributed by atoms with E-state index >= 15 is 0 Å². The second kappa shape index (κ2) is 9.16. The quantitative estimate of drug-likeness (QED) is 0.346. The molecule has 1 atom stereocenters. The first-order valence-electron chi connectivity index (χ1n) is 8.90. The highest BCUT2D eigenvalue weighted by Crippen LogP contribution is 2.30. The predicted octanol–water partition coefficient (Wildman–Crippen LogP) is 2.64. The molecule has 0 aromatic heterocycles. The molecular weight excluding hydrogens is 366 g/mol. The zero-order valence-electron chi connectivity index (χ0n) is 15.9. The number of nitrogens with one attached hydrogen (secondary N) is 2. The second-order valence-corrected chi connectivity index (χ2v) is 8.51. The average Bonchev–Trinajstić information content (AvgIpc) is 2.63. The maximum atomic E-state index is 12.9. The Labute approximate surface area is 160 Å². The van der Waals surface area contributed by atoms with Crippen molar-refractivity contribution >= 4 is 32.4 Å². The highest BCUT2D eigenvalue weighted by Gasteiger charge is 2.20. The molecule has 3 N–H and O–H groups in total. The van der Waals surface area contributed by atoms with Crippen LogP contribution in [0.15, 0.2) is 41.3 Å². The summed E-state index contributed by atoms with van der Waals surface area (Å²) in [6, 6.07) is 10.6. The second-order valence-electron chi connectivity index (χ2n) is 6.83. The van der Waals surface area contributed by atoms with Crippen molar-refractivity contribution in [1.82, 2.24) is 10.2 Å². The van der Waals surface area contributed by atoms with Gasteiger partial charge in [0.25, 0.3) is 0 Å². The molecule has 0 fully saturated rings. The highest BCUT2D eigenvalue weighted by molar-refractivity contribution is 7.89. The lowest BCUT2D eigenvalue weighted by Gasteiger charge is -2.18. The Morgan fingerprint density at radius 2 is 1.78 bits per heavy atom. The molecule has 0 radical (unpaired) electrons. The van der Waals surface area contributed by atoms with E-state index in [1.54, 1.807) is 24.5 Å². The molecule has 8 heteroatoms. The van der Waals surface area contributed by atoms with E-state index in [9.17, 15) is 13.2 Å². The third kappa shape index (κ3) is 5.41. The van der Waals surface area contributed by atoms with Gasteiger partial charge in [-0.15, -0.1) is 0 Å². The van der Waals surface area contributed by atoms with E-state index in [1.165, 1.54) is 0 Å². The molecule has 0 bridgehead atoms. The molecular formula is C19H27N3O4S. The van der Waals surface area contributed by atoms with Crippen LogP contribution >= 0.6 is 0 Å². The van der Waals surface area contributed by atoms with Gasteiger partial charge in [0.15, 0.2) is 0 Å². The normalized spacial score (nSPS) is 12.7. The number of hydroxylamine groups is 1. The number of fused-ring (bicyclic) bond motifs is 1. The SMILES string of the molecule is CC(CCCCC(=O)NO)NS(=O)(=O)c1cccc2c(N(C)C)cccc12. The summed E-state index contributed by atoms with van der Waals surface area (Å²) < 4.78 is 28.5. The first kappa shape index (κ1) is 21.1. The van der Waals surface area contributed by atoms with Crippen molar-refractivity contribution in [3.8, 4) is 0 Å². The van der Waals surface area contributed by atoms with Crippen LogP contribution in [-0.4, -0.2) is 39.7 Å². The lowest BCUT2D eigenvalue weighted by atomic mass is 10.1. The Morgan fingerprint density at radius 3 is 2.44 bits per heavy atom. The van der Waals surface area contributed by atoms with Gasteiger partial charge in [0.2, 0.25) is 15.9 Å². The van der Waals surface area contributed by atoms with Crippen molar-refractivity contribution in [3.05, 3.63) is 36.4 Å². The number of unbranched alkanes of at least 4 members (excludes halogenated alkanes) is 1. The van der Waals surface area contributed by atoms with Gasteiger partial charge in [0.05, 0.1) is 4.90 Å². The fourth-order valence-corrected chi connectivity index (χ4v) is 4.57. The van der Waals surface area contributed by atoms with Crippen LogP contribution in [0.5, 0.6) is 0 Å². The molecule has 1 amide bonds. The van der Waals surface area contributed by atoms with Gasteiger partial charge in [-0.05, 0) is 31.9 Å². The number of rotatable bonds is 9. The van der Waals surface area contributed by atoms with E-state index < -0.39 is 15.9 Å². The summed E-state index contributed by atoms with van der Waals surface area (Å²) in [5.41, 5.74) is 2.55. The number of carbonyl (C=O) groups excluding carboxylic acids is 1. The van der Waals surface area contributed by atoms with E-state index in [1.807, 2.05) is 43.3 Å². The maximum Gasteiger partial charge on any atom is 0.243 e. The smallest absolute Gasteiger partial charge is 0.243 e. The van der Waals surface area contributed by atoms with Crippen LogP contribution in [-0.2, 0) is 14.8 Å². The number of carbonyl (C=O) groups is 1. The summed E-state index contributed by atoms with van der Waals surface area (Å²) in [6.45, 7) is 1.81. The van der Waals surface area contributed by atoms with Gasteiger partial charge in [0, 0.05) is 43.0 Å². The average molecular weight is 394 g/mol. The van der Waals surface area contributed by atoms with Crippen LogP contribution in [0.1, 0.15) is 32.6 Å². The predicted molar refractivity (Wildman–Crippen MR) is 106 cm³/mol. The van der Waals surface area contributed by atoms with E-state index in [-0.39, 0.29) is 17.4 Å². The summed E-state index contributed by atoms with van der Waals surface area (Å²) in [6.07, 6.45) is 2.08. The summed E-state index contributed by atoms with van der Waals surface area (Å²) in [4.78, 5) is 13.2. The lowest BCUT2D eigenvalue weighted by Crippen LogP contribution is -2.32. The molecule has 0 saturated heterocycles. The van der Waals surface area contributed by atoms with Crippen molar-refractivity contribution in [2.75, 3.05) is 19.0 Å². The van der Waals surface area contributed by atoms with Gasteiger partial charge in [-0.3, -0.25) is 10.0 Å². The first-order chi connectivity index (χ1) is 12.8. The first-order valence-corrected chi connectivity index (χ1v) is 10.4. The number of anilines is 1. The maximum absolute atomic E-state index is 12.9. The minimum absolute atomic E-state index is 0.215. The Hall–Kier alpha value is -2.16. The zero-order chi connectivity index (χ0) is 20.0. The van der Waals surface area contributed by atoms with Crippen molar-refractivity contribution in [2.45, 2.75) is 43.5 Å². The monoisotopic (exact) mass is 393 g/mol.